The molecule has 0 bridgehead atoms. The van der Waals surface area contributed by atoms with Crippen molar-refractivity contribution in [3.8, 4) is 34.1 Å². The Balaban J connectivity index is 1.52. The number of ether oxygens (including phenoxy) is 4. The van der Waals surface area contributed by atoms with Crippen molar-refractivity contribution in [2.24, 2.45) is 5.92 Å². The van der Waals surface area contributed by atoms with Crippen molar-refractivity contribution in [1.29, 1.82) is 0 Å². The first-order chi connectivity index (χ1) is 16.7. The van der Waals surface area contributed by atoms with E-state index < -0.39 is 0 Å². The number of allylic oxidation sites excluding steroid dienone is 2. The van der Waals surface area contributed by atoms with Crippen LogP contribution in [0.5, 0.6) is 23.0 Å². The van der Waals surface area contributed by atoms with E-state index in [2.05, 4.69) is 0 Å². The Morgan fingerprint density at radius 1 is 0.676 bits per heavy atom. The van der Waals surface area contributed by atoms with Gasteiger partial charge in [-0.3, -0.25) is 9.59 Å². The molecule has 2 aliphatic carbocycles. The van der Waals surface area contributed by atoms with E-state index in [0.717, 1.165) is 56.9 Å². The summed E-state index contributed by atoms with van der Waals surface area (Å²) in [5.41, 5.74) is 3.32. The average Bonchev–Trinajstić information content (AvgIpc) is 3.56. The highest BCUT2D eigenvalue weighted by molar-refractivity contribution is 6.15. The zero-order valence-electron chi connectivity index (χ0n) is 19.2. The summed E-state index contributed by atoms with van der Waals surface area (Å²) in [5.74, 6) is 2.39. The maximum Gasteiger partial charge on any atom is 0.231 e. The average molecular weight is 461 g/mol. The fourth-order valence-electron chi connectivity index (χ4n) is 5.52. The number of benzene rings is 2. The molecule has 1 fully saturated rings. The Morgan fingerprint density at radius 3 is 1.88 bits per heavy atom. The second kappa shape index (κ2) is 8.82. The van der Waals surface area contributed by atoms with Gasteiger partial charge in [0.15, 0.2) is 34.6 Å². The third kappa shape index (κ3) is 3.75. The Hall–Kier alpha value is -3.28. The van der Waals surface area contributed by atoms with Crippen LogP contribution in [0.2, 0.25) is 0 Å². The summed E-state index contributed by atoms with van der Waals surface area (Å²) in [4.78, 5) is 27.5. The van der Waals surface area contributed by atoms with Gasteiger partial charge in [-0.1, -0.05) is 25.3 Å². The number of hydrogen-bond acceptors (Lipinski definition) is 6. The van der Waals surface area contributed by atoms with Crippen LogP contribution < -0.4 is 18.9 Å². The summed E-state index contributed by atoms with van der Waals surface area (Å²) >= 11 is 0. The molecule has 0 unspecified atom stereocenters. The van der Waals surface area contributed by atoms with Crippen molar-refractivity contribution in [3.63, 3.8) is 0 Å². The smallest absolute Gasteiger partial charge is 0.231 e. The number of rotatable bonds is 5. The van der Waals surface area contributed by atoms with Gasteiger partial charge in [-0.25, -0.2) is 0 Å². The molecule has 2 aromatic carbocycles. The summed E-state index contributed by atoms with van der Waals surface area (Å²) < 4.78 is 22.6. The second-order valence-corrected chi connectivity index (χ2v) is 9.51. The Morgan fingerprint density at radius 2 is 1.26 bits per heavy atom. The lowest BCUT2D eigenvalue weighted by molar-refractivity contribution is 0.0889. The van der Waals surface area contributed by atoms with Gasteiger partial charge in [-0.15, -0.1) is 0 Å². The van der Waals surface area contributed by atoms with Gasteiger partial charge >= 0.3 is 0 Å². The van der Waals surface area contributed by atoms with Crippen LogP contribution in [0.25, 0.3) is 11.1 Å². The number of carbonyl (C=O) groups is 2. The standard InChI is InChI=1S/C28H28O6/c29-27(17-7-3-1-4-8-17)21-13-25-23(31-15-33-25)11-19(21)20-12-24-26(34-16-32-24)14-22(20)28(30)18-9-5-2-6-10-18/h7,11-14,18H,1-6,8-10,15-16H2. The van der Waals surface area contributed by atoms with Gasteiger partial charge in [0.1, 0.15) is 0 Å². The predicted octanol–water partition coefficient (Wildman–Crippen LogP) is 6.26. The van der Waals surface area contributed by atoms with E-state index in [9.17, 15) is 9.59 Å². The highest BCUT2D eigenvalue weighted by Crippen LogP contribution is 2.45. The molecule has 2 heterocycles. The Labute approximate surface area is 198 Å². The number of hydrogen-bond donors (Lipinski definition) is 0. The molecule has 2 aliphatic heterocycles. The fraction of sp³-hybridized carbons (Fsp3) is 0.429. The third-order valence-electron chi connectivity index (χ3n) is 7.38. The SMILES string of the molecule is O=C(C1=CCCCC1)c1cc2c(cc1-c1cc3c(cc1C(=O)C1CCCCC1)OCO3)OCO2. The Kier molecular flexibility index (Phi) is 5.52. The van der Waals surface area contributed by atoms with Crippen LogP contribution in [0.1, 0.15) is 78.5 Å². The molecule has 2 aromatic rings. The molecular weight excluding hydrogens is 432 g/mol. The summed E-state index contributed by atoms with van der Waals surface area (Å²) in [7, 11) is 0. The van der Waals surface area contributed by atoms with E-state index >= 15 is 0 Å². The number of carbonyl (C=O) groups excluding carboxylic acids is 2. The minimum atomic E-state index is -0.0123. The summed E-state index contributed by atoms with van der Waals surface area (Å²) in [6.07, 6.45) is 10.9. The zero-order valence-corrected chi connectivity index (χ0v) is 19.2. The van der Waals surface area contributed by atoms with Gasteiger partial charge in [0.2, 0.25) is 13.6 Å². The highest BCUT2D eigenvalue weighted by Gasteiger charge is 2.31. The Bertz CT molecular complexity index is 1190. The fourth-order valence-corrected chi connectivity index (χ4v) is 5.52. The van der Waals surface area contributed by atoms with Gasteiger partial charge in [0, 0.05) is 17.0 Å². The van der Waals surface area contributed by atoms with E-state index in [1.807, 2.05) is 18.2 Å². The number of fused-ring (bicyclic) bond motifs is 2. The van der Waals surface area contributed by atoms with E-state index in [0.29, 0.717) is 45.3 Å². The molecule has 34 heavy (non-hydrogen) atoms. The van der Waals surface area contributed by atoms with Crippen LogP contribution in [0.15, 0.2) is 35.9 Å². The lowest BCUT2D eigenvalue weighted by atomic mass is 9.80. The predicted molar refractivity (Wildman–Crippen MR) is 126 cm³/mol. The van der Waals surface area contributed by atoms with E-state index in [1.54, 1.807) is 12.1 Å². The van der Waals surface area contributed by atoms with Gasteiger partial charge in [0.25, 0.3) is 0 Å². The van der Waals surface area contributed by atoms with Crippen LogP contribution in [0.4, 0.5) is 0 Å². The highest BCUT2D eigenvalue weighted by atomic mass is 16.7. The summed E-state index contributed by atoms with van der Waals surface area (Å²) in [5, 5.41) is 0. The van der Waals surface area contributed by atoms with E-state index in [-0.39, 0.29) is 31.1 Å². The molecule has 6 rings (SSSR count). The van der Waals surface area contributed by atoms with Crippen LogP contribution in [0.3, 0.4) is 0 Å². The number of ketones is 2. The van der Waals surface area contributed by atoms with Crippen molar-refractivity contribution in [3.05, 3.63) is 47.0 Å². The summed E-state index contributed by atoms with van der Waals surface area (Å²) in [6, 6.07) is 7.26. The molecule has 4 aliphatic rings. The lowest BCUT2D eigenvalue weighted by Crippen LogP contribution is -2.19. The van der Waals surface area contributed by atoms with E-state index in [1.165, 1.54) is 6.42 Å². The first-order valence-corrected chi connectivity index (χ1v) is 12.3. The normalized spacial score (nSPS) is 19.1. The molecule has 0 aromatic heterocycles. The second-order valence-electron chi connectivity index (χ2n) is 9.51. The van der Waals surface area contributed by atoms with Crippen LogP contribution in [-0.4, -0.2) is 25.2 Å². The van der Waals surface area contributed by atoms with Crippen LogP contribution in [0, 0.1) is 5.92 Å². The van der Waals surface area contributed by atoms with Crippen LogP contribution in [-0.2, 0) is 0 Å². The molecule has 0 N–H and O–H groups in total. The third-order valence-corrected chi connectivity index (χ3v) is 7.38. The topological polar surface area (TPSA) is 71.1 Å². The molecule has 0 spiro atoms. The maximum atomic E-state index is 13.8. The van der Waals surface area contributed by atoms with E-state index in [4.69, 9.17) is 18.9 Å². The monoisotopic (exact) mass is 460 g/mol. The first-order valence-electron chi connectivity index (χ1n) is 12.3. The number of Topliss-reactive ketones (excluding diaryl/α,β-unsaturated/α-hetero) is 2. The van der Waals surface area contributed by atoms with Gasteiger partial charge in [0.05, 0.1) is 0 Å². The van der Waals surface area contributed by atoms with Crippen molar-refractivity contribution >= 4 is 11.6 Å². The minimum Gasteiger partial charge on any atom is -0.454 e. The van der Waals surface area contributed by atoms with Gasteiger partial charge in [-0.05, 0) is 79.5 Å². The largest absolute Gasteiger partial charge is 0.454 e. The van der Waals surface area contributed by atoms with Gasteiger partial charge < -0.3 is 18.9 Å². The van der Waals surface area contributed by atoms with Gasteiger partial charge in [-0.2, -0.15) is 0 Å². The lowest BCUT2D eigenvalue weighted by Gasteiger charge is -2.23. The molecule has 0 radical (unpaired) electrons. The molecule has 176 valence electrons. The summed E-state index contributed by atoms with van der Waals surface area (Å²) in [6.45, 7) is 0.236. The van der Waals surface area contributed by atoms with Crippen molar-refractivity contribution in [1.82, 2.24) is 0 Å². The molecular formula is C28H28O6. The quantitative estimate of drug-likeness (QED) is 0.491. The van der Waals surface area contributed by atoms with Crippen molar-refractivity contribution in [2.75, 3.05) is 13.6 Å². The molecule has 6 nitrogen and oxygen atoms in total. The van der Waals surface area contributed by atoms with Crippen molar-refractivity contribution < 1.29 is 28.5 Å². The molecule has 0 saturated heterocycles. The van der Waals surface area contributed by atoms with Crippen LogP contribution >= 0.6 is 0 Å². The molecule has 0 amide bonds. The molecule has 0 atom stereocenters. The van der Waals surface area contributed by atoms with Crippen molar-refractivity contribution in [2.45, 2.75) is 57.8 Å². The first kappa shape index (κ1) is 21.3. The molecule has 1 saturated carbocycles. The zero-order chi connectivity index (χ0) is 23.1. The maximum absolute atomic E-state index is 13.8. The minimum absolute atomic E-state index is 0.0120. The molecule has 6 heteroatoms.